The highest BCUT2D eigenvalue weighted by Gasteiger charge is 2.41. The molecule has 1 aliphatic carbocycles. The lowest BCUT2D eigenvalue weighted by atomic mass is 10.1. The van der Waals surface area contributed by atoms with E-state index < -0.39 is 0 Å². The second kappa shape index (κ2) is 7.17. The summed E-state index contributed by atoms with van der Waals surface area (Å²) in [4.78, 5) is 11.4. The SMILES string of the molecule is Cc1nc(CN2CCO[C@@H]3CC(COc4ccccn4)C[C@H]32)cs1. The largest absolute Gasteiger partial charge is 0.477 e. The average Bonchev–Trinajstić information content (AvgIpc) is 3.20. The van der Waals surface area contributed by atoms with Gasteiger partial charge < -0.3 is 9.47 Å². The molecule has 5 nitrogen and oxygen atoms in total. The van der Waals surface area contributed by atoms with Crippen molar-refractivity contribution in [1.82, 2.24) is 14.9 Å². The van der Waals surface area contributed by atoms with Crippen molar-refractivity contribution < 1.29 is 9.47 Å². The van der Waals surface area contributed by atoms with E-state index >= 15 is 0 Å². The predicted molar refractivity (Wildman–Crippen MR) is 93.2 cm³/mol. The van der Waals surface area contributed by atoms with Gasteiger partial charge in [-0.2, -0.15) is 0 Å². The van der Waals surface area contributed by atoms with Crippen LogP contribution in [0.4, 0.5) is 0 Å². The first-order valence-electron chi connectivity index (χ1n) is 8.58. The third-order valence-electron chi connectivity index (χ3n) is 4.89. The molecule has 3 atom stereocenters. The van der Waals surface area contributed by atoms with Gasteiger partial charge in [-0.3, -0.25) is 4.90 Å². The number of ether oxygens (including phenoxy) is 2. The molecule has 2 aromatic rings. The van der Waals surface area contributed by atoms with Gasteiger partial charge in [-0.05, 0) is 31.7 Å². The van der Waals surface area contributed by atoms with Crippen LogP contribution in [-0.2, 0) is 11.3 Å². The first kappa shape index (κ1) is 16.0. The predicted octanol–water partition coefficient (Wildman–Crippen LogP) is 2.90. The summed E-state index contributed by atoms with van der Waals surface area (Å²) in [5.74, 6) is 1.24. The Bertz CT molecular complexity index is 663. The minimum absolute atomic E-state index is 0.329. The Balaban J connectivity index is 1.35. The molecule has 0 aromatic carbocycles. The smallest absolute Gasteiger partial charge is 0.213 e. The number of nitrogens with zero attached hydrogens (tertiary/aromatic N) is 3. The molecule has 4 rings (SSSR count). The molecule has 6 heteroatoms. The van der Waals surface area contributed by atoms with Gasteiger partial charge in [-0.15, -0.1) is 11.3 Å². The lowest BCUT2D eigenvalue weighted by molar-refractivity contribution is -0.0593. The molecule has 2 fully saturated rings. The summed E-state index contributed by atoms with van der Waals surface area (Å²) < 4.78 is 11.9. The number of hydrogen-bond acceptors (Lipinski definition) is 6. The molecule has 1 saturated carbocycles. The van der Waals surface area contributed by atoms with Gasteiger partial charge in [0.05, 0.1) is 30.0 Å². The van der Waals surface area contributed by atoms with Crippen molar-refractivity contribution in [2.75, 3.05) is 19.8 Å². The summed E-state index contributed by atoms with van der Waals surface area (Å²) >= 11 is 1.73. The van der Waals surface area contributed by atoms with E-state index in [1.807, 2.05) is 18.2 Å². The maximum Gasteiger partial charge on any atom is 0.213 e. The van der Waals surface area contributed by atoms with Crippen LogP contribution in [-0.4, -0.2) is 46.8 Å². The second-order valence-corrected chi connectivity index (χ2v) is 7.68. The van der Waals surface area contributed by atoms with E-state index in [1.54, 1.807) is 17.5 Å². The minimum atomic E-state index is 0.329. The summed E-state index contributed by atoms with van der Waals surface area (Å²) in [6, 6.07) is 6.26. The van der Waals surface area contributed by atoms with Gasteiger partial charge >= 0.3 is 0 Å². The highest BCUT2D eigenvalue weighted by molar-refractivity contribution is 7.09. The maximum absolute atomic E-state index is 6.03. The molecule has 0 N–H and O–H groups in total. The molecule has 2 aromatic heterocycles. The first-order valence-corrected chi connectivity index (χ1v) is 9.46. The summed E-state index contributed by atoms with van der Waals surface area (Å²) in [7, 11) is 0. The molecule has 0 radical (unpaired) electrons. The Kier molecular flexibility index (Phi) is 4.78. The van der Waals surface area contributed by atoms with Crippen molar-refractivity contribution in [3.05, 3.63) is 40.5 Å². The second-order valence-electron chi connectivity index (χ2n) is 6.62. The van der Waals surface area contributed by atoms with E-state index in [0.29, 0.717) is 23.9 Å². The van der Waals surface area contributed by atoms with Gasteiger partial charge in [0.2, 0.25) is 5.88 Å². The zero-order chi connectivity index (χ0) is 16.4. The molecule has 1 saturated heterocycles. The Morgan fingerprint density at radius 2 is 2.33 bits per heavy atom. The first-order chi connectivity index (χ1) is 11.8. The van der Waals surface area contributed by atoms with Crippen molar-refractivity contribution in [1.29, 1.82) is 0 Å². The Labute approximate surface area is 146 Å². The van der Waals surface area contributed by atoms with E-state index in [4.69, 9.17) is 9.47 Å². The highest BCUT2D eigenvalue weighted by Crippen LogP contribution is 2.35. The van der Waals surface area contributed by atoms with Gasteiger partial charge in [-0.25, -0.2) is 9.97 Å². The molecular weight excluding hydrogens is 322 g/mol. The van der Waals surface area contributed by atoms with Crippen LogP contribution in [0.15, 0.2) is 29.8 Å². The quantitative estimate of drug-likeness (QED) is 0.834. The number of hydrogen-bond donors (Lipinski definition) is 0. The molecule has 128 valence electrons. The summed E-state index contributed by atoms with van der Waals surface area (Å²) in [6.45, 7) is 5.53. The van der Waals surface area contributed by atoms with E-state index in [9.17, 15) is 0 Å². The Morgan fingerprint density at radius 1 is 1.38 bits per heavy atom. The monoisotopic (exact) mass is 345 g/mol. The molecule has 1 aliphatic heterocycles. The maximum atomic E-state index is 6.03. The number of aromatic nitrogens is 2. The van der Waals surface area contributed by atoms with Crippen LogP contribution in [0.5, 0.6) is 5.88 Å². The molecule has 0 amide bonds. The number of morpholine rings is 1. The summed E-state index contributed by atoms with van der Waals surface area (Å²) in [6.07, 6.45) is 4.30. The van der Waals surface area contributed by atoms with Crippen LogP contribution in [0.2, 0.25) is 0 Å². The lowest BCUT2D eigenvalue weighted by Crippen LogP contribution is -2.47. The Hall–Kier alpha value is -1.50. The third kappa shape index (κ3) is 3.61. The van der Waals surface area contributed by atoms with Crippen LogP contribution in [0.1, 0.15) is 23.5 Å². The third-order valence-corrected chi connectivity index (χ3v) is 5.71. The number of pyridine rings is 1. The fraction of sp³-hybridized carbons (Fsp3) is 0.556. The van der Waals surface area contributed by atoms with Gasteiger partial charge in [0.15, 0.2) is 0 Å². The van der Waals surface area contributed by atoms with Crippen LogP contribution < -0.4 is 4.74 Å². The van der Waals surface area contributed by atoms with Crippen molar-refractivity contribution in [3.63, 3.8) is 0 Å². The molecular formula is C18H23N3O2S. The van der Waals surface area contributed by atoms with Crippen LogP contribution in [0.3, 0.4) is 0 Å². The van der Waals surface area contributed by atoms with Crippen molar-refractivity contribution in [3.8, 4) is 5.88 Å². The Morgan fingerprint density at radius 3 is 3.12 bits per heavy atom. The van der Waals surface area contributed by atoms with Gasteiger partial charge in [0.25, 0.3) is 0 Å². The van der Waals surface area contributed by atoms with E-state index in [2.05, 4.69) is 27.2 Å². The fourth-order valence-corrected chi connectivity index (χ4v) is 4.39. The summed E-state index contributed by atoms with van der Waals surface area (Å²) in [5.41, 5.74) is 1.19. The normalized spacial score (nSPS) is 27.1. The van der Waals surface area contributed by atoms with Crippen molar-refractivity contribution >= 4 is 11.3 Å². The van der Waals surface area contributed by atoms with E-state index in [0.717, 1.165) is 44.2 Å². The van der Waals surface area contributed by atoms with Gasteiger partial charge in [0.1, 0.15) is 0 Å². The number of thiazole rings is 1. The van der Waals surface area contributed by atoms with Gasteiger partial charge in [-0.1, -0.05) is 6.07 Å². The number of fused-ring (bicyclic) bond motifs is 1. The molecule has 24 heavy (non-hydrogen) atoms. The van der Waals surface area contributed by atoms with Crippen molar-refractivity contribution in [2.24, 2.45) is 5.92 Å². The topological polar surface area (TPSA) is 47.5 Å². The number of rotatable bonds is 5. The van der Waals surface area contributed by atoms with Crippen LogP contribution in [0.25, 0.3) is 0 Å². The van der Waals surface area contributed by atoms with Crippen LogP contribution >= 0.6 is 11.3 Å². The minimum Gasteiger partial charge on any atom is -0.477 e. The fourth-order valence-electron chi connectivity index (χ4n) is 3.78. The molecule has 3 heterocycles. The molecule has 1 unspecified atom stereocenters. The standard InChI is InChI=1S/C18H23N3O2S/c1-13-20-15(12-24-13)10-21-6-7-22-17-9-14(8-16(17)21)11-23-18-4-2-3-5-19-18/h2-5,12,14,16-17H,6-11H2,1H3/t14?,16-,17-/m1/s1. The zero-order valence-corrected chi connectivity index (χ0v) is 14.7. The zero-order valence-electron chi connectivity index (χ0n) is 13.9. The van der Waals surface area contributed by atoms with E-state index in [-0.39, 0.29) is 0 Å². The highest BCUT2D eigenvalue weighted by atomic mass is 32.1. The van der Waals surface area contributed by atoms with E-state index in [1.165, 1.54) is 5.69 Å². The number of aryl methyl sites for hydroxylation is 1. The van der Waals surface area contributed by atoms with Crippen LogP contribution in [0, 0.1) is 12.8 Å². The molecule has 0 spiro atoms. The average molecular weight is 345 g/mol. The molecule has 0 bridgehead atoms. The van der Waals surface area contributed by atoms with Crippen molar-refractivity contribution in [2.45, 2.75) is 38.5 Å². The van der Waals surface area contributed by atoms with Gasteiger partial charge in [0, 0.05) is 36.8 Å². The lowest BCUT2D eigenvalue weighted by Gasteiger charge is -2.37. The molecule has 2 aliphatic rings. The summed E-state index contributed by atoms with van der Waals surface area (Å²) in [5, 5.41) is 3.32.